The van der Waals surface area contributed by atoms with Gasteiger partial charge in [0.15, 0.2) is 0 Å². The van der Waals surface area contributed by atoms with Crippen molar-refractivity contribution >= 4 is 17.5 Å². The SMILES string of the molecule is COCC(C)NC(=O)CCc1ccccc1Cl. The molecule has 0 saturated carbocycles. The summed E-state index contributed by atoms with van der Waals surface area (Å²) in [4.78, 5) is 11.6. The predicted octanol–water partition coefficient (Wildman–Crippen LogP) is 2.42. The Hall–Kier alpha value is -1.06. The monoisotopic (exact) mass is 255 g/mol. The Bertz CT molecular complexity index is 368. The summed E-state index contributed by atoms with van der Waals surface area (Å²) < 4.78 is 4.95. The Morgan fingerprint density at radius 1 is 1.47 bits per heavy atom. The molecule has 0 fully saturated rings. The van der Waals surface area contributed by atoms with Crippen molar-refractivity contribution in [3.8, 4) is 0 Å². The van der Waals surface area contributed by atoms with Gasteiger partial charge in [0.05, 0.1) is 6.61 Å². The second kappa shape index (κ2) is 7.30. The predicted molar refractivity (Wildman–Crippen MR) is 69.3 cm³/mol. The van der Waals surface area contributed by atoms with Crippen molar-refractivity contribution in [3.63, 3.8) is 0 Å². The first-order valence-electron chi connectivity index (χ1n) is 5.65. The van der Waals surface area contributed by atoms with Crippen molar-refractivity contribution in [2.75, 3.05) is 13.7 Å². The van der Waals surface area contributed by atoms with Crippen molar-refractivity contribution in [3.05, 3.63) is 34.9 Å². The zero-order valence-corrected chi connectivity index (χ0v) is 11.0. The smallest absolute Gasteiger partial charge is 0.220 e. The van der Waals surface area contributed by atoms with Crippen LogP contribution in [0.1, 0.15) is 18.9 Å². The minimum absolute atomic E-state index is 0.0227. The van der Waals surface area contributed by atoms with Gasteiger partial charge in [0, 0.05) is 24.6 Å². The number of methoxy groups -OCH3 is 1. The van der Waals surface area contributed by atoms with Crippen LogP contribution in [0.2, 0.25) is 5.02 Å². The maximum Gasteiger partial charge on any atom is 0.220 e. The van der Waals surface area contributed by atoms with E-state index < -0.39 is 0 Å². The lowest BCUT2D eigenvalue weighted by molar-refractivity contribution is -0.122. The third-order valence-corrected chi connectivity index (χ3v) is 2.77. The van der Waals surface area contributed by atoms with E-state index in [1.54, 1.807) is 7.11 Å². The lowest BCUT2D eigenvalue weighted by atomic mass is 10.1. The number of benzene rings is 1. The Kier molecular flexibility index (Phi) is 6.01. The van der Waals surface area contributed by atoms with Gasteiger partial charge in [0.25, 0.3) is 0 Å². The van der Waals surface area contributed by atoms with Crippen molar-refractivity contribution in [2.45, 2.75) is 25.8 Å². The molecule has 94 valence electrons. The fourth-order valence-electron chi connectivity index (χ4n) is 1.59. The molecule has 0 aliphatic rings. The van der Waals surface area contributed by atoms with Gasteiger partial charge in [-0.1, -0.05) is 29.8 Å². The number of ether oxygens (including phenoxy) is 1. The van der Waals surface area contributed by atoms with E-state index in [1.165, 1.54) is 0 Å². The summed E-state index contributed by atoms with van der Waals surface area (Å²) in [6.45, 7) is 2.44. The molecule has 0 saturated heterocycles. The zero-order valence-electron chi connectivity index (χ0n) is 10.2. The Labute approximate surface area is 107 Å². The fraction of sp³-hybridized carbons (Fsp3) is 0.462. The van der Waals surface area contributed by atoms with Crippen molar-refractivity contribution in [1.29, 1.82) is 0 Å². The highest BCUT2D eigenvalue weighted by molar-refractivity contribution is 6.31. The molecule has 0 aliphatic heterocycles. The largest absolute Gasteiger partial charge is 0.383 e. The fourth-order valence-corrected chi connectivity index (χ4v) is 1.82. The van der Waals surface area contributed by atoms with Crippen LogP contribution in [-0.4, -0.2) is 25.7 Å². The molecule has 0 aliphatic carbocycles. The average molecular weight is 256 g/mol. The minimum atomic E-state index is 0.0227. The number of amides is 1. The molecule has 0 spiro atoms. The van der Waals surface area contributed by atoms with Crippen LogP contribution >= 0.6 is 11.6 Å². The third kappa shape index (κ3) is 5.20. The van der Waals surface area contributed by atoms with Crippen molar-refractivity contribution in [1.82, 2.24) is 5.32 Å². The molecule has 0 heterocycles. The lowest BCUT2D eigenvalue weighted by Crippen LogP contribution is -2.35. The molecule has 1 aromatic rings. The first-order valence-corrected chi connectivity index (χ1v) is 6.03. The van der Waals surface area contributed by atoms with E-state index >= 15 is 0 Å². The number of hydrogen-bond acceptors (Lipinski definition) is 2. The van der Waals surface area contributed by atoms with Gasteiger partial charge in [-0.15, -0.1) is 0 Å². The number of aryl methyl sites for hydroxylation is 1. The van der Waals surface area contributed by atoms with Crippen LogP contribution in [0.5, 0.6) is 0 Å². The molecule has 3 nitrogen and oxygen atoms in total. The van der Waals surface area contributed by atoms with Gasteiger partial charge in [0.2, 0.25) is 5.91 Å². The third-order valence-electron chi connectivity index (χ3n) is 2.40. The summed E-state index contributed by atoms with van der Waals surface area (Å²) in [5, 5.41) is 3.58. The summed E-state index contributed by atoms with van der Waals surface area (Å²) >= 11 is 6.01. The summed E-state index contributed by atoms with van der Waals surface area (Å²) in [5.41, 5.74) is 1.00. The first-order chi connectivity index (χ1) is 8.13. The van der Waals surface area contributed by atoms with Gasteiger partial charge in [-0.05, 0) is 25.0 Å². The summed E-state index contributed by atoms with van der Waals surface area (Å²) in [5.74, 6) is 0.0227. The number of carbonyl (C=O) groups is 1. The van der Waals surface area contributed by atoms with E-state index in [4.69, 9.17) is 16.3 Å². The molecular weight excluding hydrogens is 238 g/mol. The van der Waals surface area contributed by atoms with Gasteiger partial charge in [-0.2, -0.15) is 0 Å². The molecule has 1 rings (SSSR count). The van der Waals surface area contributed by atoms with Crippen LogP contribution in [0.3, 0.4) is 0 Å². The second-order valence-electron chi connectivity index (χ2n) is 4.02. The van der Waals surface area contributed by atoms with Gasteiger partial charge < -0.3 is 10.1 Å². The van der Waals surface area contributed by atoms with Crippen molar-refractivity contribution in [2.24, 2.45) is 0 Å². The number of nitrogens with one attached hydrogen (secondary N) is 1. The Balaban J connectivity index is 2.36. The van der Waals surface area contributed by atoms with Crippen LogP contribution in [0.4, 0.5) is 0 Å². The van der Waals surface area contributed by atoms with E-state index in [0.717, 1.165) is 5.56 Å². The average Bonchev–Trinajstić information content (AvgIpc) is 2.28. The highest BCUT2D eigenvalue weighted by Crippen LogP contribution is 2.16. The van der Waals surface area contributed by atoms with Crippen LogP contribution in [-0.2, 0) is 16.0 Å². The van der Waals surface area contributed by atoms with E-state index in [9.17, 15) is 4.79 Å². The van der Waals surface area contributed by atoms with Gasteiger partial charge in [-0.3, -0.25) is 4.79 Å². The number of hydrogen-bond donors (Lipinski definition) is 1. The molecule has 1 atom stereocenters. The van der Waals surface area contributed by atoms with Gasteiger partial charge in [-0.25, -0.2) is 0 Å². The summed E-state index contributed by atoms with van der Waals surface area (Å²) in [6, 6.07) is 7.62. The van der Waals surface area contributed by atoms with Gasteiger partial charge >= 0.3 is 0 Å². The second-order valence-corrected chi connectivity index (χ2v) is 4.42. The molecule has 17 heavy (non-hydrogen) atoms. The number of rotatable bonds is 6. The Morgan fingerprint density at radius 3 is 2.82 bits per heavy atom. The molecular formula is C13H18ClNO2. The zero-order chi connectivity index (χ0) is 12.7. The number of halogens is 1. The van der Waals surface area contributed by atoms with Crippen LogP contribution < -0.4 is 5.32 Å². The molecule has 1 aromatic carbocycles. The lowest BCUT2D eigenvalue weighted by Gasteiger charge is -2.12. The molecule has 1 N–H and O–H groups in total. The highest BCUT2D eigenvalue weighted by Gasteiger charge is 2.08. The van der Waals surface area contributed by atoms with E-state index in [0.29, 0.717) is 24.5 Å². The molecule has 1 unspecified atom stereocenters. The molecule has 4 heteroatoms. The number of carbonyl (C=O) groups excluding carboxylic acids is 1. The maximum absolute atomic E-state index is 11.6. The molecule has 0 aromatic heterocycles. The first kappa shape index (κ1) is 14.0. The quantitative estimate of drug-likeness (QED) is 0.848. The van der Waals surface area contributed by atoms with E-state index in [-0.39, 0.29) is 11.9 Å². The normalized spacial score (nSPS) is 12.2. The molecule has 0 radical (unpaired) electrons. The van der Waals surface area contributed by atoms with Crippen LogP contribution in [0, 0.1) is 0 Å². The molecule has 0 bridgehead atoms. The maximum atomic E-state index is 11.6. The van der Waals surface area contributed by atoms with Crippen LogP contribution in [0.25, 0.3) is 0 Å². The van der Waals surface area contributed by atoms with E-state index in [2.05, 4.69) is 5.32 Å². The van der Waals surface area contributed by atoms with Crippen molar-refractivity contribution < 1.29 is 9.53 Å². The topological polar surface area (TPSA) is 38.3 Å². The highest BCUT2D eigenvalue weighted by atomic mass is 35.5. The summed E-state index contributed by atoms with van der Waals surface area (Å²) in [7, 11) is 1.62. The minimum Gasteiger partial charge on any atom is -0.383 e. The van der Waals surface area contributed by atoms with E-state index in [1.807, 2.05) is 31.2 Å². The Morgan fingerprint density at radius 2 is 2.18 bits per heavy atom. The standard InChI is InChI=1S/C13H18ClNO2/c1-10(9-17-2)15-13(16)8-7-11-5-3-4-6-12(11)14/h3-6,10H,7-9H2,1-2H3,(H,15,16). The summed E-state index contributed by atoms with van der Waals surface area (Å²) in [6.07, 6.45) is 1.10. The van der Waals surface area contributed by atoms with Crippen LogP contribution in [0.15, 0.2) is 24.3 Å². The molecule has 1 amide bonds. The van der Waals surface area contributed by atoms with Gasteiger partial charge in [0.1, 0.15) is 0 Å².